The van der Waals surface area contributed by atoms with Crippen LogP contribution in [-0.2, 0) is 14.6 Å². The first-order valence-corrected chi connectivity index (χ1v) is 15.5. The van der Waals surface area contributed by atoms with Crippen molar-refractivity contribution >= 4 is 15.8 Å². The van der Waals surface area contributed by atoms with Crippen LogP contribution in [0.15, 0.2) is 36.4 Å². The third-order valence-electron chi connectivity index (χ3n) is 7.62. The molecule has 0 radical (unpaired) electrons. The van der Waals surface area contributed by atoms with Crippen LogP contribution in [0.5, 0.6) is 17.2 Å². The van der Waals surface area contributed by atoms with Crippen LogP contribution in [-0.4, -0.2) is 76.0 Å². The van der Waals surface area contributed by atoms with Crippen molar-refractivity contribution < 1.29 is 36.9 Å². The van der Waals surface area contributed by atoms with Gasteiger partial charge in [0, 0.05) is 31.6 Å². The van der Waals surface area contributed by atoms with Gasteiger partial charge in [-0.15, -0.1) is 0 Å². The Hall–Kier alpha value is -2.89. The number of hydrogen-bond donors (Lipinski definition) is 2. The topological polar surface area (TPSA) is 114 Å². The number of carbonyl (C=O) groups is 1. The van der Waals surface area contributed by atoms with E-state index in [1.807, 2.05) is 26.0 Å². The standard InChI is InChI=1S/C29H39FN2O7S/c1-19(2)9-14-40(35,36)13-4-10-31-11-12-32-17-22(20-5-8-25-26(16-20)39-18-38-25)27(29(33)34)28(32)21-6-7-24(37-3)23(30)15-21/h5-8,15-16,19,22,27-28,31H,4,9-14,17-18H2,1-3H3,(H,33,34)/t22-,27+,28-/m1/s1. The Bertz CT molecular complexity index is 1290. The molecule has 4 rings (SSSR count). The van der Waals surface area contributed by atoms with Gasteiger partial charge in [0.15, 0.2) is 23.1 Å². The van der Waals surface area contributed by atoms with Crippen LogP contribution < -0.4 is 19.5 Å². The molecule has 0 spiro atoms. The third kappa shape index (κ3) is 7.24. The molecule has 0 unspecified atom stereocenters. The summed E-state index contributed by atoms with van der Waals surface area (Å²) in [5, 5.41) is 13.7. The van der Waals surface area contributed by atoms with E-state index in [1.54, 1.807) is 12.1 Å². The number of aliphatic carboxylic acids is 1. The maximum Gasteiger partial charge on any atom is 0.309 e. The van der Waals surface area contributed by atoms with Crippen molar-refractivity contribution in [2.75, 3.05) is 51.6 Å². The van der Waals surface area contributed by atoms with Crippen molar-refractivity contribution in [2.24, 2.45) is 11.8 Å². The SMILES string of the molecule is COc1ccc([C@@H]2[C@@H](C(=O)O)[C@@H](c3ccc4c(c3)OCO4)CN2CCNCCCS(=O)(=O)CCC(C)C)cc1F. The maximum absolute atomic E-state index is 14.7. The van der Waals surface area contributed by atoms with Crippen LogP contribution in [0.1, 0.15) is 49.8 Å². The van der Waals surface area contributed by atoms with Crippen molar-refractivity contribution in [2.45, 2.75) is 38.6 Å². The lowest BCUT2D eigenvalue weighted by atomic mass is 9.82. The molecular formula is C29H39FN2O7S. The Morgan fingerprint density at radius 1 is 1.12 bits per heavy atom. The smallest absolute Gasteiger partial charge is 0.309 e. The van der Waals surface area contributed by atoms with Gasteiger partial charge >= 0.3 is 5.97 Å². The average Bonchev–Trinajstić information content (AvgIpc) is 3.54. The Labute approximate surface area is 235 Å². The average molecular weight is 579 g/mol. The van der Waals surface area contributed by atoms with Gasteiger partial charge in [-0.1, -0.05) is 26.0 Å². The minimum absolute atomic E-state index is 0.0949. The fourth-order valence-electron chi connectivity index (χ4n) is 5.49. The number of hydrogen-bond acceptors (Lipinski definition) is 8. The molecule has 2 aliphatic heterocycles. The van der Waals surface area contributed by atoms with Gasteiger partial charge in [-0.3, -0.25) is 9.69 Å². The minimum Gasteiger partial charge on any atom is -0.494 e. The molecular weight excluding hydrogens is 539 g/mol. The van der Waals surface area contributed by atoms with Gasteiger partial charge in [-0.25, -0.2) is 12.8 Å². The molecule has 40 heavy (non-hydrogen) atoms. The number of benzene rings is 2. The molecule has 0 aliphatic carbocycles. The van der Waals surface area contributed by atoms with E-state index < -0.39 is 33.6 Å². The lowest BCUT2D eigenvalue weighted by Gasteiger charge is -2.27. The summed E-state index contributed by atoms with van der Waals surface area (Å²) in [6.07, 6.45) is 1.17. The summed E-state index contributed by atoms with van der Waals surface area (Å²) >= 11 is 0. The molecule has 0 bridgehead atoms. The molecule has 9 nitrogen and oxygen atoms in total. The quantitative estimate of drug-likeness (QED) is 0.323. The minimum atomic E-state index is -3.07. The van der Waals surface area contributed by atoms with Gasteiger partial charge in [0.05, 0.1) is 24.5 Å². The Morgan fingerprint density at radius 2 is 1.88 bits per heavy atom. The highest BCUT2D eigenvalue weighted by molar-refractivity contribution is 7.91. The summed E-state index contributed by atoms with van der Waals surface area (Å²) in [7, 11) is -1.69. The van der Waals surface area contributed by atoms with Crippen LogP contribution in [0.25, 0.3) is 0 Å². The number of halogens is 1. The summed E-state index contributed by atoms with van der Waals surface area (Å²) in [4.78, 5) is 14.7. The highest BCUT2D eigenvalue weighted by Gasteiger charge is 2.47. The summed E-state index contributed by atoms with van der Waals surface area (Å²) < 4.78 is 55.2. The van der Waals surface area contributed by atoms with E-state index in [1.165, 1.54) is 19.2 Å². The van der Waals surface area contributed by atoms with Crippen molar-refractivity contribution in [1.82, 2.24) is 10.2 Å². The monoisotopic (exact) mass is 578 g/mol. The molecule has 0 saturated carbocycles. The summed E-state index contributed by atoms with van der Waals surface area (Å²) in [5.74, 6) is -0.736. The molecule has 2 aliphatic rings. The van der Waals surface area contributed by atoms with E-state index in [9.17, 15) is 22.7 Å². The Balaban J connectivity index is 1.48. The zero-order chi connectivity index (χ0) is 28.9. The van der Waals surface area contributed by atoms with Crippen molar-refractivity contribution in [3.8, 4) is 17.2 Å². The second kappa shape index (κ2) is 13.2. The van der Waals surface area contributed by atoms with Crippen LogP contribution in [0, 0.1) is 17.7 Å². The highest BCUT2D eigenvalue weighted by Crippen LogP contribution is 2.47. The predicted molar refractivity (Wildman–Crippen MR) is 149 cm³/mol. The van der Waals surface area contributed by atoms with E-state index in [2.05, 4.69) is 10.2 Å². The Kier molecular flexibility index (Phi) is 9.91. The molecule has 220 valence electrons. The zero-order valence-electron chi connectivity index (χ0n) is 23.3. The van der Waals surface area contributed by atoms with Gasteiger partial charge in [-0.05, 0) is 60.7 Å². The molecule has 3 atom stereocenters. The summed E-state index contributed by atoms with van der Waals surface area (Å²) in [6, 6.07) is 9.49. The number of rotatable bonds is 14. The van der Waals surface area contributed by atoms with Crippen molar-refractivity contribution in [1.29, 1.82) is 0 Å². The van der Waals surface area contributed by atoms with Crippen molar-refractivity contribution in [3.63, 3.8) is 0 Å². The second-order valence-corrected chi connectivity index (χ2v) is 13.2. The number of methoxy groups -OCH3 is 1. The number of carboxylic acids is 1. The molecule has 1 saturated heterocycles. The van der Waals surface area contributed by atoms with Crippen LogP contribution in [0.4, 0.5) is 4.39 Å². The van der Waals surface area contributed by atoms with E-state index in [4.69, 9.17) is 14.2 Å². The summed E-state index contributed by atoms with van der Waals surface area (Å²) in [5.41, 5.74) is 1.38. The largest absolute Gasteiger partial charge is 0.494 e. The summed E-state index contributed by atoms with van der Waals surface area (Å²) in [6.45, 7) is 6.15. The number of nitrogens with one attached hydrogen (secondary N) is 1. The van der Waals surface area contributed by atoms with Crippen LogP contribution in [0.2, 0.25) is 0 Å². The Morgan fingerprint density at radius 3 is 2.58 bits per heavy atom. The van der Waals surface area contributed by atoms with Gasteiger partial charge in [0.1, 0.15) is 9.84 Å². The molecule has 2 aromatic carbocycles. The van der Waals surface area contributed by atoms with E-state index in [-0.39, 0.29) is 30.0 Å². The molecule has 2 N–H and O–H groups in total. The number of nitrogens with zero attached hydrogens (tertiary/aromatic N) is 1. The highest BCUT2D eigenvalue weighted by atomic mass is 32.2. The van der Waals surface area contributed by atoms with Gasteiger partial charge < -0.3 is 24.6 Å². The molecule has 1 fully saturated rings. The number of sulfone groups is 1. The first-order chi connectivity index (χ1) is 19.1. The van der Waals surface area contributed by atoms with E-state index in [0.29, 0.717) is 62.0 Å². The van der Waals surface area contributed by atoms with Gasteiger partial charge in [-0.2, -0.15) is 0 Å². The number of carboxylic acid groups (broad SMARTS) is 1. The molecule has 0 amide bonds. The molecule has 2 aromatic rings. The molecule has 2 heterocycles. The first-order valence-electron chi connectivity index (χ1n) is 13.7. The lowest BCUT2D eigenvalue weighted by molar-refractivity contribution is -0.143. The fraction of sp³-hybridized carbons (Fsp3) is 0.552. The van der Waals surface area contributed by atoms with Crippen molar-refractivity contribution in [3.05, 3.63) is 53.3 Å². The second-order valence-electron chi connectivity index (χ2n) is 10.9. The zero-order valence-corrected chi connectivity index (χ0v) is 24.1. The van der Waals surface area contributed by atoms with Gasteiger partial charge in [0.25, 0.3) is 0 Å². The third-order valence-corrected chi connectivity index (χ3v) is 9.38. The number of fused-ring (bicyclic) bond motifs is 1. The molecule has 0 aromatic heterocycles. The van der Waals surface area contributed by atoms with E-state index in [0.717, 1.165) is 5.56 Å². The number of ether oxygens (including phenoxy) is 3. The lowest BCUT2D eigenvalue weighted by Crippen LogP contribution is -2.34. The van der Waals surface area contributed by atoms with Crippen LogP contribution in [0.3, 0.4) is 0 Å². The fourth-order valence-corrected chi connectivity index (χ4v) is 7.11. The van der Waals surface area contributed by atoms with E-state index >= 15 is 0 Å². The number of likely N-dealkylation sites (tertiary alicyclic amines) is 1. The maximum atomic E-state index is 14.7. The van der Waals surface area contributed by atoms with Crippen LogP contribution >= 0.6 is 0 Å². The van der Waals surface area contributed by atoms with Gasteiger partial charge in [0.2, 0.25) is 6.79 Å². The molecule has 11 heteroatoms. The first kappa shape index (κ1) is 30.1. The predicted octanol–water partition coefficient (Wildman–Crippen LogP) is 3.84. The normalized spacial score (nSPS) is 20.8.